The van der Waals surface area contributed by atoms with Gasteiger partial charge >= 0.3 is 0 Å². The molecule has 0 saturated heterocycles. The lowest BCUT2D eigenvalue weighted by Gasteiger charge is -2.05. The molecule has 0 aliphatic carbocycles. The fourth-order valence-corrected chi connectivity index (χ4v) is 3.52. The molecule has 0 N–H and O–H groups in total. The fraction of sp³-hybridized carbons (Fsp3) is 0.176. The molecule has 0 unspecified atom stereocenters. The maximum atomic E-state index is 14.0. The molecule has 3 heterocycles. The van der Waals surface area contributed by atoms with Crippen LogP contribution >= 0.6 is 23.4 Å². The van der Waals surface area contributed by atoms with E-state index < -0.39 is 5.82 Å². The van der Waals surface area contributed by atoms with Gasteiger partial charge in [0.2, 0.25) is 11.7 Å². The smallest absolute Gasteiger partial charge is 0.237 e. The first-order chi connectivity index (χ1) is 13.7. The summed E-state index contributed by atoms with van der Waals surface area (Å²) < 4.78 is 21.1. The fourth-order valence-electron chi connectivity index (χ4n) is 2.51. The molecule has 8 nitrogen and oxygen atoms in total. The Kier molecular flexibility index (Phi) is 5.31. The molecular formula is C17H13ClFN7OS. The summed E-state index contributed by atoms with van der Waals surface area (Å²) in [5.41, 5.74) is 0.878. The van der Waals surface area contributed by atoms with Crippen LogP contribution in [0.25, 0.3) is 22.9 Å². The minimum Gasteiger partial charge on any atom is -0.338 e. The van der Waals surface area contributed by atoms with E-state index >= 15 is 0 Å². The van der Waals surface area contributed by atoms with Gasteiger partial charge in [-0.3, -0.25) is 0 Å². The van der Waals surface area contributed by atoms with Gasteiger partial charge in [-0.15, -0.1) is 10.2 Å². The van der Waals surface area contributed by atoms with E-state index in [4.69, 9.17) is 16.1 Å². The van der Waals surface area contributed by atoms with E-state index in [1.807, 2.05) is 11.5 Å². The number of aromatic nitrogens is 7. The van der Waals surface area contributed by atoms with Crippen LogP contribution in [0.1, 0.15) is 12.8 Å². The molecular weight excluding hydrogens is 405 g/mol. The van der Waals surface area contributed by atoms with E-state index in [0.29, 0.717) is 39.9 Å². The predicted molar refractivity (Wildman–Crippen MR) is 101 cm³/mol. The van der Waals surface area contributed by atoms with Crippen LogP contribution in [0.3, 0.4) is 0 Å². The van der Waals surface area contributed by atoms with Crippen molar-refractivity contribution in [1.29, 1.82) is 0 Å². The van der Waals surface area contributed by atoms with Crippen LogP contribution in [0.5, 0.6) is 0 Å². The lowest BCUT2D eigenvalue weighted by molar-refractivity contribution is 0.391. The average molecular weight is 418 g/mol. The largest absolute Gasteiger partial charge is 0.338 e. The van der Waals surface area contributed by atoms with Crippen LogP contribution in [-0.4, -0.2) is 34.9 Å². The average Bonchev–Trinajstić information content (AvgIpc) is 3.35. The van der Waals surface area contributed by atoms with Gasteiger partial charge in [-0.2, -0.15) is 4.98 Å². The molecule has 4 aromatic rings. The minimum atomic E-state index is -0.468. The van der Waals surface area contributed by atoms with Crippen molar-refractivity contribution in [3.63, 3.8) is 0 Å². The first-order valence-electron chi connectivity index (χ1n) is 8.26. The number of benzene rings is 1. The molecule has 0 aliphatic heterocycles. The van der Waals surface area contributed by atoms with Crippen molar-refractivity contribution in [2.75, 3.05) is 0 Å². The summed E-state index contributed by atoms with van der Waals surface area (Å²) in [4.78, 5) is 12.4. The normalized spacial score (nSPS) is 11.1. The van der Waals surface area contributed by atoms with Crippen LogP contribution in [0.4, 0.5) is 4.39 Å². The Labute approximate surface area is 168 Å². The molecule has 0 atom stereocenters. The van der Waals surface area contributed by atoms with E-state index in [9.17, 15) is 4.39 Å². The monoisotopic (exact) mass is 417 g/mol. The number of nitrogens with zero attached hydrogens (tertiary/aromatic N) is 7. The number of thioether (sulfide) groups is 1. The standard InChI is InChI=1S/C17H13ClFN7OS/c1-2-26-16(13-5-6-20-9-21-13)23-24-17(26)28-8-14-22-15(25-27-14)11-7-10(18)3-4-12(11)19/h3-7,9H,2,8H2,1H3. The molecule has 0 fully saturated rings. The third-order valence-corrected chi connectivity index (χ3v) is 4.99. The lowest BCUT2D eigenvalue weighted by Crippen LogP contribution is -2.01. The summed E-state index contributed by atoms with van der Waals surface area (Å²) in [6, 6.07) is 5.96. The van der Waals surface area contributed by atoms with Gasteiger partial charge in [0.05, 0.1) is 11.3 Å². The minimum absolute atomic E-state index is 0.147. The van der Waals surface area contributed by atoms with Gasteiger partial charge in [0.15, 0.2) is 11.0 Å². The van der Waals surface area contributed by atoms with Crippen molar-refractivity contribution >= 4 is 23.4 Å². The van der Waals surface area contributed by atoms with E-state index in [1.165, 1.54) is 36.3 Å². The van der Waals surface area contributed by atoms with E-state index in [0.717, 1.165) is 0 Å². The maximum absolute atomic E-state index is 14.0. The Bertz CT molecular complexity index is 1100. The highest BCUT2D eigenvalue weighted by molar-refractivity contribution is 7.98. The first kappa shape index (κ1) is 18.5. The van der Waals surface area contributed by atoms with Crippen LogP contribution in [0, 0.1) is 5.82 Å². The highest BCUT2D eigenvalue weighted by atomic mass is 35.5. The van der Waals surface area contributed by atoms with Crippen molar-refractivity contribution in [3.8, 4) is 22.9 Å². The second-order valence-corrected chi connectivity index (χ2v) is 6.95. The van der Waals surface area contributed by atoms with E-state index in [1.54, 1.807) is 12.3 Å². The Morgan fingerprint density at radius 3 is 2.93 bits per heavy atom. The van der Waals surface area contributed by atoms with Gasteiger partial charge in [0.25, 0.3) is 0 Å². The molecule has 11 heteroatoms. The number of halogens is 2. The summed E-state index contributed by atoms with van der Waals surface area (Å²) in [6.45, 7) is 2.66. The Balaban J connectivity index is 1.52. The van der Waals surface area contributed by atoms with Gasteiger partial charge in [-0.1, -0.05) is 28.5 Å². The molecule has 28 heavy (non-hydrogen) atoms. The summed E-state index contributed by atoms with van der Waals surface area (Å²) in [7, 11) is 0. The third-order valence-electron chi connectivity index (χ3n) is 3.81. The van der Waals surface area contributed by atoms with Crippen molar-refractivity contribution in [2.45, 2.75) is 24.4 Å². The molecule has 0 spiro atoms. The summed E-state index contributed by atoms with van der Waals surface area (Å²) in [5, 5.41) is 13.3. The van der Waals surface area contributed by atoms with Gasteiger partial charge in [-0.05, 0) is 31.2 Å². The van der Waals surface area contributed by atoms with Crippen molar-refractivity contribution < 1.29 is 8.91 Å². The number of rotatable bonds is 6. The Hall–Kier alpha value is -2.85. The molecule has 0 radical (unpaired) electrons. The molecule has 0 saturated carbocycles. The molecule has 0 aliphatic rings. The van der Waals surface area contributed by atoms with Crippen molar-refractivity contribution in [1.82, 2.24) is 34.9 Å². The zero-order valence-electron chi connectivity index (χ0n) is 14.6. The number of hydrogen-bond donors (Lipinski definition) is 0. The van der Waals surface area contributed by atoms with Crippen molar-refractivity contribution in [3.05, 3.63) is 53.5 Å². The second-order valence-electron chi connectivity index (χ2n) is 5.57. The Morgan fingerprint density at radius 1 is 1.25 bits per heavy atom. The highest BCUT2D eigenvalue weighted by Gasteiger charge is 2.17. The van der Waals surface area contributed by atoms with Crippen LogP contribution in [0.15, 0.2) is 46.5 Å². The van der Waals surface area contributed by atoms with E-state index in [-0.39, 0.29) is 11.4 Å². The quantitative estimate of drug-likeness (QED) is 0.436. The van der Waals surface area contributed by atoms with Crippen LogP contribution in [0.2, 0.25) is 5.02 Å². The van der Waals surface area contributed by atoms with Crippen LogP contribution < -0.4 is 0 Å². The molecule has 0 bridgehead atoms. The predicted octanol–water partition coefficient (Wildman–Crippen LogP) is 3.89. The zero-order chi connectivity index (χ0) is 19.5. The summed E-state index contributed by atoms with van der Waals surface area (Å²) >= 11 is 7.30. The number of hydrogen-bond acceptors (Lipinski definition) is 8. The van der Waals surface area contributed by atoms with Gasteiger partial charge in [-0.25, -0.2) is 14.4 Å². The summed E-state index contributed by atoms with van der Waals surface area (Å²) in [5.74, 6) is 1.03. The summed E-state index contributed by atoms with van der Waals surface area (Å²) in [6.07, 6.45) is 3.12. The zero-order valence-corrected chi connectivity index (χ0v) is 16.2. The lowest BCUT2D eigenvalue weighted by atomic mass is 10.2. The highest BCUT2D eigenvalue weighted by Crippen LogP contribution is 2.27. The van der Waals surface area contributed by atoms with Gasteiger partial charge in [0, 0.05) is 17.8 Å². The maximum Gasteiger partial charge on any atom is 0.237 e. The second kappa shape index (κ2) is 8.03. The van der Waals surface area contributed by atoms with Gasteiger partial charge < -0.3 is 9.09 Å². The molecule has 142 valence electrons. The molecule has 3 aromatic heterocycles. The van der Waals surface area contributed by atoms with Crippen molar-refractivity contribution in [2.24, 2.45) is 0 Å². The topological polar surface area (TPSA) is 95.4 Å². The molecule has 1 aromatic carbocycles. The molecule has 4 rings (SSSR count). The van der Waals surface area contributed by atoms with E-state index in [2.05, 4.69) is 30.3 Å². The molecule has 0 amide bonds. The Morgan fingerprint density at radius 2 is 2.14 bits per heavy atom. The van der Waals surface area contributed by atoms with Gasteiger partial charge in [0.1, 0.15) is 17.8 Å². The SMILES string of the molecule is CCn1c(SCc2nc(-c3cc(Cl)ccc3F)no2)nnc1-c1ccncn1. The third kappa shape index (κ3) is 3.73. The first-order valence-corrected chi connectivity index (χ1v) is 9.62. The van der Waals surface area contributed by atoms with Crippen LogP contribution in [-0.2, 0) is 12.3 Å².